The van der Waals surface area contributed by atoms with Crippen LogP contribution < -0.4 is 15.9 Å². The van der Waals surface area contributed by atoms with Crippen molar-refractivity contribution < 1.29 is 13.9 Å². The Morgan fingerprint density at radius 2 is 2.00 bits per heavy atom. The molecule has 0 spiro atoms. The average molecular weight is 434 g/mol. The number of aromatic nitrogens is 1. The molecule has 166 valence electrons. The lowest BCUT2D eigenvalue weighted by Crippen LogP contribution is -2.50. The number of pyridine rings is 1. The van der Waals surface area contributed by atoms with E-state index in [4.69, 9.17) is 9.15 Å². The zero-order valence-electron chi connectivity index (χ0n) is 18.3. The van der Waals surface area contributed by atoms with E-state index in [0.717, 1.165) is 29.5 Å². The first-order chi connectivity index (χ1) is 15.4. The number of fused-ring (bicyclic) bond motifs is 5. The van der Waals surface area contributed by atoms with E-state index >= 15 is 0 Å². The van der Waals surface area contributed by atoms with E-state index < -0.39 is 0 Å². The number of likely N-dealkylation sites (tertiary alicyclic amines) is 1. The van der Waals surface area contributed by atoms with Crippen molar-refractivity contribution >= 4 is 16.9 Å². The number of nitrogens with zero attached hydrogens (tertiary/aromatic N) is 2. The van der Waals surface area contributed by atoms with Crippen LogP contribution in [0.1, 0.15) is 36.1 Å². The summed E-state index contributed by atoms with van der Waals surface area (Å²) in [6.07, 6.45) is 1.73. The fraction of sp³-hybridized carbons (Fsp3) is 0.400. The predicted octanol–water partition coefficient (Wildman–Crippen LogP) is 2.85. The Kier molecular flexibility index (Phi) is 5.12. The van der Waals surface area contributed by atoms with Crippen LogP contribution in [0.5, 0.6) is 5.75 Å². The normalized spacial score (nSPS) is 19.6. The zero-order valence-corrected chi connectivity index (χ0v) is 18.3. The summed E-state index contributed by atoms with van der Waals surface area (Å²) in [6.45, 7) is 5.63. The first-order valence-electron chi connectivity index (χ1n) is 11.1. The standard InChI is InChI=1S/C25H26N2O5/c1-3-17-10-24(30)32-25-15(2)21(8-7-19(17)25)31-14-23(29)26-11-16-9-18(13-26)20-5-4-6-22(28)27(20)12-16/h4-8,10,16,18H,3,9,11-14H2,1-2H3/t16-,18-/m1/s1. The topological polar surface area (TPSA) is 81.8 Å². The number of benzene rings is 1. The highest BCUT2D eigenvalue weighted by molar-refractivity contribution is 5.85. The van der Waals surface area contributed by atoms with Gasteiger partial charge in [-0.15, -0.1) is 0 Å². The highest BCUT2D eigenvalue weighted by Gasteiger charge is 2.36. The molecule has 2 aliphatic rings. The quantitative estimate of drug-likeness (QED) is 0.590. The fourth-order valence-electron chi connectivity index (χ4n) is 5.19. The summed E-state index contributed by atoms with van der Waals surface area (Å²) in [6, 6.07) is 10.6. The predicted molar refractivity (Wildman–Crippen MR) is 120 cm³/mol. The van der Waals surface area contributed by atoms with Crippen LogP contribution in [-0.2, 0) is 17.8 Å². The molecule has 1 amide bonds. The summed E-state index contributed by atoms with van der Waals surface area (Å²) in [5.74, 6) is 0.907. The van der Waals surface area contributed by atoms with Gasteiger partial charge in [0.1, 0.15) is 11.3 Å². The number of ether oxygens (including phenoxy) is 1. The van der Waals surface area contributed by atoms with Gasteiger partial charge in [-0.1, -0.05) is 13.0 Å². The smallest absolute Gasteiger partial charge is 0.336 e. The van der Waals surface area contributed by atoms with Crippen molar-refractivity contribution in [2.45, 2.75) is 39.2 Å². The molecule has 2 aromatic heterocycles. The molecule has 0 radical (unpaired) electrons. The molecule has 5 rings (SSSR count). The Balaban J connectivity index is 1.33. The zero-order chi connectivity index (χ0) is 22.4. The molecule has 3 aromatic rings. The van der Waals surface area contributed by atoms with E-state index in [1.165, 1.54) is 6.07 Å². The van der Waals surface area contributed by atoms with Crippen LogP contribution in [0.4, 0.5) is 0 Å². The second kappa shape index (κ2) is 7.97. The minimum Gasteiger partial charge on any atom is -0.483 e. The molecule has 32 heavy (non-hydrogen) atoms. The maximum absolute atomic E-state index is 13.0. The van der Waals surface area contributed by atoms with Gasteiger partial charge in [0.25, 0.3) is 11.5 Å². The van der Waals surface area contributed by atoms with Gasteiger partial charge in [0, 0.05) is 54.3 Å². The first kappa shape index (κ1) is 20.5. The maximum Gasteiger partial charge on any atom is 0.336 e. The maximum atomic E-state index is 13.0. The van der Waals surface area contributed by atoms with E-state index in [9.17, 15) is 14.4 Å². The summed E-state index contributed by atoms with van der Waals surface area (Å²) >= 11 is 0. The molecule has 0 unspecified atom stereocenters. The first-order valence-corrected chi connectivity index (χ1v) is 11.1. The lowest BCUT2D eigenvalue weighted by atomic mass is 9.83. The Morgan fingerprint density at radius 1 is 1.16 bits per heavy atom. The third kappa shape index (κ3) is 3.51. The highest BCUT2D eigenvalue weighted by Crippen LogP contribution is 2.35. The number of hydrogen-bond acceptors (Lipinski definition) is 5. The van der Waals surface area contributed by atoms with Crippen molar-refractivity contribution in [1.82, 2.24) is 9.47 Å². The summed E-state index contributed by atoms with van der Waals surface area (Å²) in [4.78, 5) is 38.9. The lowest BCUT2D eigenvalue weighted by molar-refractivity contribution is -0.136. The molecule has 2 bridgehead atoms. The number of carbonyl (C=O) groups excluding carboxylic acids is 1. The Labute approximate surface area is 185 Å². The van der Waals surface area contributed by atoms with Gasteiger partial charge < -0.3 is 18.6 Å². The Hall–Kier alpha value is -3.35. The molecule has 7 heteroatoms. The second-order valence-corrected chi connectivity index (χ2v) is 8.80. The van der Waals surface area contributed by atoms with Crippen LogP contribution in [0.3, 0.4) is 0 Å². The number of rotatable bonds is 4. The molecular formula is C25H26N2O5. The number of carbonyl (C=O) groups is 1. The minimum absolute atomic E-state index is 0.0324. The molecule has 0 saturated carbocycles. The van der Waals surface area contributed by atoms with E-state index in [2.05, 4.69) is 0 Å². The van der Waals surface area contributed by atoms with E-state index in [0.29, 0.717) is 36.5 Å². The van der Waals surface area contributed by atoms with Crippen LogP contribution >= 0.6 is 0 Å². The SMILES string of the molecule is CCc1cc(=O)oc2c(C)c(OCC(=O)N3C[C@H]4C[C@H](C3)c3cccc(=O)n3C4)ccc12. The van der Waals surface area contributed by atoms with Gasteiger partial charge in [0.05, 0.1) is 0 Å². The van der Waals surface area contributed by atoms with Crippen LogP contribution in [0.2, 0.25) is 0 Å². The molecule has 0 aliphatic carbocycles. The van der Waals surface area contributed by atoms with Crippen molar-refractivity contribution in [3.8, 4) is 5.75 Å². The minimum atomic E-state index is -0.384. The van der Waals surface area contributed by atoms with Crippen molar-refractivity contribution in [3.05, 3.63) is 74.0 Å². The van der Waals surface area contributed by atoms with Gasteiger partial charge >= 0.3 is 5.63 Å². The van der Waals surface area contributed by atoms with Crippen molar-refractivity contribution in [2.24, 2.45) is 5.92 Å². The van der Waals surface area contributed by atoms with Gasteiger partial charge in [0.15, 0.2) is 6.61 Å². The highest BCUT2D eigenvalue weighted by atomic mass is 16.5. The Morgan fingerprint density at radius 3 is 2.81 bits per heavy atom. The van der Waals surface area contributed by atoms with Crippen molar-refractivity contribution in [3.63, 3.8) is 0 Å². The molecule has 2 aliphatic heterocycles. The molecule has 1 fully saturated rings. The van der Waals surface area contributed by atoms with Gasteiger partial charge in [-0.3, -0.25) is 9.59 Å². The molecule has 4 heterocycles. The van der Waals surface area contributed by atoms with E-state index in [-0.39, 0.29) is 35.5 Å². The Bertz CT molecular complexity index is 1320. The summed E-state index contributed by atoms with van der Waals surface area (Å²) < 4.78 is 13.2. The summed E-state index contributed by atoms with van der Waals surface area (Å²) in [7, 11) is 0. The van der Waals surface area contributed by atoms with Crippen molar-refractivity contribution in [2.75, 3.05) is 19.7 Å². The number of piperidine rings is 1. The molecule has 1 aromatic carbocycles. The average Bonchev–Trinajstić information content (AvgIpc) is 2.79. The fourth-order valence-corrected chi connectivity index (χ4v) is 5.19. The third-order valence-corrected chi connectivity index (χ3v) is 6.76. The second-order valence-electron chi connectivity index (χ2n) is 8.80. The number of hydrogen-bond donors (Lipinski definition) is 0. The molecule has 2 atom stereocenters. The molecule has 7 nitrogen and oxygen atoms in total. The molecule has 1 saturated heterocycles. The van der Waals surface area contributed by atoms with Gasteiger partial charge in [-0.25, -0.2) is 4.79 Å². The molecule has 0 N–H and O–H groups in total. The third-order valence-electron chi connectivity index (χ3n) is 6.76. The van der Waals surface area contributed by atoms with E-state index in [1.54, 1.807) is 12.1 Å². The number of amides is 1. The van der Waals surface area contributed by atoms with Crippen LogP contribution in [0, 0.1) is 12.8 Å². The molecular weight excluding hydrogens is 408 g/mol. The van der Waals surface area contributed by atoms with Crippen LogP contribution in [-0.4, -0.2) is 35.1 Å². The summed E-state index contributed by atoms with van der Waals surface area (Å²) in [5, 5.41) is 0.890. The number of aryl methyl sites for hydroxylation is 2. The van der Waals surface area contributed by atoms with Gasteiger partial charge in [-0.05, 0) is 49.4 Å². The van der Waals surface area contributed by atoms with Crippen molar-refractivity contribution in [1.29, 1.82) is 0 Å². The lowest BCUT2D eigenvalue weighted by Gasteiger charge is -2.42. The van der Waals surface area contributed by atoms with Gasteiger partial charge in [-0.2, -0.15) is 0 Å². The monoisotopic (exact) mass is 434 g/mol. The summed E-state index contributed by atoms with van der Waals surface area (Å²) in [5.41, 5.74) is 2.82. The van der Waals surface area contributed by atoms with Gasteiger partial charge in [0.2, 0.25) is 0 Å². The largest absolute Gasteiger partial charge is 0.483 e. The van der Waals surface area contributed by atoms with E-state index in [1.807, 2.05) is 41.5 Å². The van der Waals surface area contributed by atoms with Crippen LogP contribution in [0.15, 0.2) is 50.4 Å². The van der Waals surface area contributed by atoms with Crippen LogP contribution in [0.25, 0.3) is 11.0 Å².